The molecule has 0 aliphatic carbocycles. The summed E-state index contributed by atoms with van der Waals surface area (Å²) in [6, 6.07) is 0. The van der Waals surface area contributed by atoms with Crippen LogP contribution in [-0.2, 0) is 10.2 Å². The topological polar surface area (TPSA) is 78.7 Å². The Balaban J connectivity index is 2.34. The molecule has 1 fully saturated rings. The third-order valence-electron chi connectivity index (χ3n) is 3.98. The van der Waals surface area contributed by atoms with Gasteiger partial charge >= 0.3 is 0 Å². The van der Waals surface area contributed by atoms with Gasteiger partial charge in [-0.05, 0) is 51.4 Å². The number of hydrogen-bond donors (Lipinski definition) is 2. The largest absolute Gasteiger partial charge is 0.330 e. The summed E-state index contributed by atoms with van der Waals surface area (Å²) in [4.78, 5) is 2.29. The summed E-state index contributed by atoms with van der Waals surface area (Å²) in [5.74, 6) is 0.302. The van der Waals surface area contributed by atoms with Gasteiger partial charge in [-0.15, -0.1) is 0 Å². The summed E-state index contributed by atoms with van der Waals surface area (Å²) >= 11 is 0. The molecule has 1 rings (SSSR count). The van der Waals surface area contributed by atoms with Gasteiger partial charge in [-0.1, -0.05) is 13.8 Å². The number of nitrogens with one attached hydrogen (secondary N) is 1. The summed E-state index contributed by atoms with van der Waals surface area (Å²) in [7, 11) is -3.33. The molecule has 120 valence electrons. The van der Waals surface area contributed by atoms with E-state index in [9.17, 15) is 8.42 Å². The van der Waals surface area contributed by atoms with Crippen LogP contribution in [0.3, 0.4) is 0 Å². The first kappa shape index (κ1) is 17.8. The van der Waals surface area contributed by atoms with Crippen LogP contribution < -0.4 is 10.5 Å². The van der Waals surface area contributed by atoms with Crippen LogP contribution in [0, 0.1) is 5.92 Å². The Morgan fingerprint density at radius 2 is 2.05 bits per heavy atom. The molecular weight excluding hydrogens is 276 g/mol. The fourth-order valence-electron chi connectivity index (χ4n) is 2.57. The predicted octanol–water partition coefficient (Wildman–Crippen LogP) is 0.223. The first-order chi connectivity index (χ1) is 9.53. The third kappa shape index (κ3) is 5.65. The van der Waals surface area contributed by atoms with Crippen LogP contribution in [0.1, 0.15) is 33.1 Å². The fraction of sp³-hybridized carbons (Fsp3) is 1.00. The lowest BCUT2D eigenvalue weighted by Crippen LogP contribution is -2.47. The quantitative estimate of drug-likeness (QED) is 0.598. The third-order valence-corrected chi connectivity index (χ3v) is 5.57. The lowest BCUT2D eigenvalue weighted by Gasteiger charge is -2.31. The van der Waals surface area contributed by atoms with Crippen LogP contribution in [0.4, 0.5) is 0 Å². The van der Waals surface area contributed by atoms with E-state index < -0.39 is 10.2 Å². The molecule has 0 radical (unpaired) electrons. The molecule has 1 aliphatic rings. The molecule has 20 heavy (non-hydrogen) atoms. The zero-order valence-corrected chi connectivity index (χ0v) is 13.7. The number of rotatable bonds is 9. The minimum Gasteiger partial charge on any atom is -0.330 e. The second-order valence-electron chi connectivity index (χ2n) is 5.38. The highest BCUT2D eigenvalue weighted by molar-refractivity contribution is 7.87. The Bertz CT molecular complexity index is 357. The SMILES string of the molecule is CCN(CC)CCCNS(=O)(=O)N1CCCC(CN)C1. The van der Waals surface area contributed by atoms with Crippen molar-refractivity contribution in [1.29, 1.82) is 0 Å². The van der Waals surface area contributed by atoms with Crippen molar-refractivity contribution in [2.45, 2.75) is 33.1 Å². The van der Waals surface area contributed by atoms with E-state index in [2.05, 4.69) is 23.5 Å². The molecule has 1 atom stereocenters. The Hall–Kier alpha value is -0.210. The molecule has 1 saturated heterocycles. The van der Waals surface area contributed by atoms with Crippen LogP contribution in [0.5, 0.6) is 0 Å². The van der Waals surface area contributed by atoms with Crippen molar-refractivity contribution < 1.29 is 8.42 Å². The van der Waals surface area contributed by atoms with Gasteiger partial charge in [-0.2, -0.15) is 12.7 Å². The van der Waals surface area contributed by atoms with E-state index in [-0.39, 0.29) is 0 Å². The van der Waals surface area contributed by atoms with Crippen LogP contribution in [0.15, 0.2) is 0 Å². The van der Waals surface area contributed by atoms with Crippen LogP contribution in [-0.4, -0.2) is 63.4 Å². The smallest absolute Gasteiger partial charge is 0.279 e. The van der Waals surface area contributed by atoms with Crippen molar-refractivity contribution in [3.05, 3.63) is 0 Å². The zero-order valence-electron chi connectivity index (χ0n) is 12.8. The van der Waals surface area contributed by atoms with Gasteiger partial charge in [-0.3, -0.25) is 0 Å². The summed E-state index contributed by atoms with van der Waals surface area (Å²) in [6.07, 6.45) is 2.78. The maximum Gasteiger partial charge on any atom is 0.279 e. The van der Waals surface area contributed by atoms with Gasteiger partial charge in [-0.25, -0.2) is 4.72 Å². The number of hydrogen-bond acceptors (Lipinski definition) is 4. The van der Waals surface area contributed by atoms with Crippen molar-refractivity contribution in [1.82, 2.24) is 13.9 Å². The van der Waals surface area contributed by atoms with E-state index in [1.807, 2.05) is 0 Å². The molecule has 0 amide bonds. The van der Waals surface area contributed by atoms with Crippen LogP contribution >= 0.6 is 0 Å². The standard InChI is InChI=1S/C13H30N4O2S/c1-3-16(4-2)9-6-8-15-20(18,19)17-10-5-7-13(11-14)12-17/h13,15H,3-12,14H2,1-2H3. The Morgan fingerprint density at radius 1 is 1.35 bits per heavy atom. The minimum absolute atomic E-state index is 0.302. The lowest BCUT2D eigenvalue weighted by atomic mass is 10.0. The monoisotopic (exact) mass is 306 g/mol. The van der Waals surface area contributed by atoms with Gasteiger partial charge in [0.2, 0.25) is 0 Å². The van der Waals surface area contributed by atoms with E-state index in [0.29, 0.717) is 32.1 Å². The van der Waals surface area contributed by atoms with E-state index >= 15 is 0 Å². The number of nitrogens with zero attached hydrogens (tertiary/aromatic N) is 2. The first-order valence-corrected chi connectivity index (χ1v) is 9.14. The van der Waals surface area contributed by atoms with Crippen molar-refractivity contribution in [2.75, 3.05) is 45.8 Å². The summed E-state index contributed by atoms with van der Waals surface area (Å²) in [5.41, 5.74) is 5.65. The zero-order chi connectivity index (χ0) is 15.0. The summed E-state index contributed by atoms with van der Waals surface area (Å²) in [6.45, 7) is 9.42. The maximum atomic E-state index is 12.2. The Labute approximate surface area is 123 Å². The van der Waals surface area contributed by atoms with Gasteiger partial charge in [0.05, 0.1) is 0 Å². The Kier molecular flexibility index (Phi) is 7.98. The molecule has 0 aromatic heterocycles. The number of nitrogens with two attached hydrogens (primary N) is 1. The number of piperidine rings is 1. The van der Waals surface area contributed by atoms with E-state index in [1.165, 1.54) is 0 Å². The van der Waals surface area contributed by atoms with Crippen LogP contribution in [0.2, 0.25) is 0 Å². The van der Waals surface area contributed by atoms with Gasteiger partial charge in [0.25, 0.3) is 10.2 Å². The second kappa shape index (κ2) is 8.94. The molecule has 0 bridgehead atoms. The minimum atomic E-state index is -3.33. The van der Waals surface area contributed by atoms with Gasteiger partial charge in [0, 0.05) is 19.6 Å². The summed E-state index contributed by atoms with van der Waals surface area (Å²) in [5, 5.41) is 0. The molecule has 1 unspecified atom stereocenters. The average Bonchev–Trinajstić information content (AvgIpc) is 2.47. The molecule has 1 heterocycles. The van der Waals surface area contributed by atoms with E-state index in [1.54, 1.807) is 4.31 Å². The normalized spacial score (nSPS) is 21.5. The fourth-order valence-corrected chi connectivity index (χ4v) is 3.93. The van der Waals surface area contributed by atoms with Crippen molar-refractivity contribution in [3.8, 4) is 0 Å². The molecule has 1 aliphatic heterocycles. The molecular formula is C13H30N4O2S. The molecule has 7 heteroatoms. The highest BCUT2D eigenvalue weighted by atomic mass is 32.2. The molecule has 0 aromatic rings. The summed E-state index contributed by atoms with van der Waals surface area (Å²) < 4.78 is 28.6. The van der Waals surface area contributed by atoms with Gasteiger partial charge in [0.1, 0.15) is 0 Å². The van der Waals surface area contributed by atoms with Gasteiger partial charge < -0.3 is 10.6 Å². The molecule has 0 saturated carbocycles. The predicted molar refractivity (Wildman–Crippen MR) is 82.7 cm³/mol. The van der Waals surface area contributed by atoms with E-state index in [4.69, 9.17) is 5.73 Å². The first-order valence-electron chi connectivity index (χ1n) is 7.70. The lowest BCUT2D eigenvalue weighted by molar-refractivity contribution is 0.267. The van der Waals surface area contributed by atoms with E-state index in [0.717, 1.165) is 38.9 Å². The molecule has 6 nitrogen and oxygen atoms in total. The highest BCUT2D eigenvalue weighted by Gasteiger charge is 2.27. The van der Waals surface area contributed by atoms with Gasteiger partial charge in [0.15, 0.2) is 0 Å². The second-order valence-corrected chi connectivity index (χ2v) is 7.14. The molecule has 0 aromatic carbocycles. The Morgan fingerprint density at radius 3 is 2.65 bits per heavy atom. The van der Waals surface area contributed by atoms with Crippen molar-refractivity contribution in [3.63, 3.8) is 0 Å². The average molecular weight is 306 g/mol. The van der Waals surface area contributed by atoms with Crippen LogP contribution in [0.25, 0.3) is 0 Å². The maximum absolute atomic E-state index is 12.2. The molecule has 0 spiro atoms. The van der Waals surface area contributed by atoms with Crippen molar-refractivity contribution in [2.24, 2.45) is 11.7 Å². The van der Waals surface area contributed by atoms with Crippen molar-refractivity contribution >= 4 is 10.2 Å². The highest BCUT2D eigenvalue weighted by Crippen LogP contribution is 2.17. The molecule has 3 N–H and O–H groups in total.